The summed E-state index contributed by atoms with van der Waals surface area (Å²) in [6, 6.07) is 3.77. The molecule has 4 heteroatoms. The van der Waals surface area contributed by atoms with Gasteiger partial charge in [-0.2, -0.15) is 0 Å². The Kier molecular flexibility index (Phi) is 5.45. The van der Waals surface area contributed by atoms with Gasteiger partial charge in [0.05, 0.1) is 18.9 Å². The van der Waals surface area contributed by atoms with Gasteiger partial charge in [0.1, 0.15) is 5.76 Å². The maximum atomic E-state index is 12.2. The smallest absolute Gasteiger partial charge is 0.223 e. The van der Waals surface area contributed by atoms with Crippen molar-refractivity contribution >= 4 is 5.91 Å². The third kappa shape index (κ3) is 4.39. The molecule has 1 aliphatic rings. The van der Waals surface area contributed by atoms with Crippen molar-refractivity contribution in [3.8, 4) is 0 Å². The lowest BCUT2D eigenvalue weighted by atomic mass is 10.2. The molecule has 1 aliphatic heterocycles. The molecule has 106 valence electrons. The Bertz CT molecular complexity index is 369. The predicted octanol–water partition coefficient (Wildman–Crippen LogP) is 2.98. The summed E-state index contributed by atoms with van der Waals surface area (Å²) < 4.78 is 11.0. The van der Waals surface area contributed by atoms with E-state index in [0.717, 1.165) is 38.1 Å². The van der Waals surface area contributed by atoms with Crippen LogP contribution >= 0.6 is 0 Å². The van der Waals surface area contributed by atoms with Gasteiger partial charge in [-0.3, -0.25) is 4.79 Å². The summed E-state index contributed by atoms with van der Waals surface area (Å²) in [7, 11) is 0. The second kappa shape index (κ2) is 7.34. The highest BCUT2D eigenvalue weighted by atomic mass is 16.5. The summed E-state index contributed by atoms with van der Waals surface area (Å²) in [6.45, 7) is 4.16. The standard InChI is InChI=1S/C15H23NO3/c1-2-3-8-15(17)16(11-13-6-4-9-18-13)12-14-7-5-10-19-14/h4,6,9,14H,2-3,5,7-8,10-12H2,1H3. The van der Waals surface area contributed by atoms with E-state index in [0.29, 0.717) is 19.5 Å². The van der Waals surface area contributed by atoms with Crippen LogP contribution in [0.4, 0.5) is 0 Å². The molecule has 0 saturated carbocycles. The number of hydrogen-bond acceptors (Lipinski definition) is 3. The second-order valence-electron chi connectivity index (χ2n) is 5.09. The number of furan rings is 1. The minimum Gasteiger partial charge on any atom is -0.467 e. The molecule has 0 spiro atoms. The van der Waals surface area contributed by atoms with Gasteiger partial charge in [0.25, 0.3) is 0 Å². The minimum absolute atomic E-state index is 0.195. The number of carbonyl (C=O) groups is 1. The maximum Gasteiger partial charge on any atom is 0.223 e. The van der Waals surface area contributed by atoms with Crippen LogP contribution in [0.5, 0.6) is 0 Å². The third-order valence-electron chi connectivity index (χ3n) is 3.47. The van der Waals surface area contributed by atoms with Crippen LogP contribution in [-0.4, -0.2) is 30.1 Å². The molecule has 1 aromatic rings. The van der Waals surface area contributed by atoms with E-state index in [9.17, 15) is 4.79 Å². The lowest BCUT2D eigenvalue weighted by Crippen LogP contribution is -2.36. The molecule has 1 fully saturated rings. The number of rotatable bonds is 7. The van der Waals surface area contributed by atoms with Crippen molar-refractivity contribution in [3.05, 3.63) is 24.2 Å². The third-order valence-corrected chi connectivity index (χ3v) is 3.47. The zero-order valence-corrected chi connectivity index (χ0v) is 11.6. The van der Waals surface area contributed by atoms with Crippen molar-refractivity contribution in [2.45, 2.75) is 51.7 Å². The first-order valence-electron chi connectivity index (χ1n) is 7.21. The zero-order chi connectivity index (χ0) is 13.5. The van der Waals surface area contributed by atoms with Gasteiger partial charge in [-0.1, -0.05) is 13.3 Å². The minimum atomic E-state index is 0.195. The molecular weight excluding hydrogens is 242 g/mol. The number of carbonyl (C=O) groups excluding carboxylic acids is 1. The fraction of sp³-hybridized carbons (Fsp3) is 0.667. The van der Waals surface area contributed by atoms with E-state index in [1.54, 1.807) is 6.26 Å². The van der Waals surface area contributed by atoms with Crippen molar-refractivity contribution in [3.63, 3.8) is 0 Å². The average molecular weight is 265 g/mol. The van der Waals surface area contributed by atoms with Gasteiger partial charge < -0.3 is 14.1 Å². The van der Waals surface area contributed by atoms with Crippen molar-refractivity contribution in [2.24, 2.45) is 0 Å². The van der Waals surface area contributed by atoms with E-state index in [4.69, 9.17) is 9.15 Å². The van der Waals surface area contributed by atoms with Gasteiger partial charge >= 0.3 is 0 Å². The summed E-state index contributed by atoms with van der Waals surface area (Å²) >= 11 is 0. The Labute approximate surface area is 114 Å². The van der Waals surface area contributed by atoms with Crippen LogP contribution in [-0.2, 0) is 16.1 Å². The quantitative estimate of drug-likeness (QED) is 0.761. The topological polar surface area (TPSA) is 42.7 Å². The van der Waals surface area contributed by atoms with E-state index >= 15 is 0 Å². The van der Waals surface area contributed by atoms with Gasteiger partial charge in [-0.25, -0.2) is 0 Å². The van der Waals surface area contributed by atoms with E-state index in [-0.39, 0.29) is 12.0 Å². The molecule has 0 aliphatic carbocycles. The van der Waals surface area contributed by atoms with E-state index < -0.39 is 0 Å². The molecule has 0 aromatic carbocycles. The number of hydrogen-bond donors (Lipinski definition) is 0. The summed E-state index contributed by atoms with van der Waals surface area (Å²) in [5, 5.41) is 0. The molecule has 2 rings (SSSR count). The van der Waals surface area contributed by atoms with Crippen molar-refractivity contribution in [1.82, 2.24) is 4.90 Å². The molecule has 1 atom stereocenters. The number of amides is 1. The van der Waals surface area contributed by atoms with E-state index in [1.807, 2.05) is 17.0 Å². The van der Waals surface area contributed by atoms with Crippen LogP contribution in [0.2, 0.25) is 0 Å². The molecule has 2 heterocycles. The highest BCUT2D eigenvalue weighted by molar-refractivity contribution is 5.76. The first-order valence-corrected chi connectivity index (χ1v) is 7.21. The Morgan fingerprint density at radius 2 is 2.42 bits per heavy atom. The lowest BCUT2D eigenvalue weighted by molar-refractivity contribution is -0.133. The number of unbranched alkanes of at least 4 members (excludes halogenated alkanes) is 1. The number of ether oxygens (including phenoxy) is 1. The molecule has 1 saturated heterocycles. The summed E-state index contributed by atoms with van der Waals surface area (Å²) in [5.41, 5.74) is 0. The molecule has 0 N–H and O–H groups in total. The highest BCUT2D eigenvalue weighted by Crippen LogP contribution is 2.16. The molecule has 1 amide bonds. The SMILES string of the molecule is CCCCC(=O)N(Cc1ccco1)CC1CCCO1. The Morgan fingerprint density at radius 3 is 3.05 bits per heavy atom. The molecule has 1 aromatic heterocycles. The van der Waals surface area contributed by atoms with Crippen LogP contribution in [0.25, 0.3) is 0 Å². The largest absolute Gasteiger partial charge is 0.467 e. The molecule has 4 nitrogen and oxygen atoms in total. The average Bonchev–Trinajstić information content (AvgIpc) is 3.08. The van der Waals surface area contributed by atoms with Gasteiger partial charge in [0, 0.05) is 19.6 Å². The van der Waals surface area contributed by atoms with Gasteiger partial charge in [-0.15, -0.1) is 0 Å². The molecule has 19 heavy (non-hydrogen) atoms. The second-order valence-corrected chi connectivity index (χ2v) is 5.09. The molecule has 0 radical (unpaired) electrons. The van der Waals surface area contributed by atoms with E-state index in [1.165, 1.54) is 0 Å². The maximum absolute atomic E-state index is 12.2. The Morgan fingerprint density at radius 1 is 1.53 bits per heavy atom. The first kappa shape index (κ1) is 14.1. The van der Waals surface area contributed by atoms with Gasteiger partial charge in [0.2, 0.25) is 5.91 Å². The fourth-order valence-corrected chi connectivity index (χ4v) is 2.37. The normalized spacial score (nSPS) is 18.7. The van der Waals surface area contributed by atoms with Crippen LogP contribution < -0.4 is 0 Å². The van der Waals surface area contributed by atoms with Crippen LogP contribution in [0.1, 0.15) is 44.8 Å². The van der Waals surface area contributed by atoms with Crippen molar-refractivity contribution in [2.75, 3.05) is 13.2 Å². The van der Waals surface area contributed by atoms with Crippen molar-refractivity contribution < 1.29 is 13.9 Å². The monoisotopic (exact) mass is 265 g/mol. The highest BCUT2D eigenvalue weighted by Gasteiger charge is 2.22. The summed E-state index contributed by atoms with van der Waals surface area (Å²) in [5.74, 6) is 1.04. The Hall–Kier alpha value is -1.29. The fourth-order valence-electron chi connectivity index (χ4n) is 2.37. The first-order chi connectivity index (χ1) is 9.29. The molecule has 1 unspecified atom stereocenters. The molecule has 0 bridgehead atoms. The van der Waals surface area contributed by atoms with Crippen LogP contribution in [0.15, 0.2) is 22.8 Å². The van der Waals surface area contributed by atoms with E-state index in [2.05, 4.69) is 6.92 Å². The van der Waals surface area contributed by atoms with Gasteiger partial charge in [-0.05, 0) is 31.4 Å². The zero-order valence-electron chi connectivity index (χ0n) is 11.6. The summed E-state index contributed by atoms with van der Waals surface area (Å²) in [4.78, 5) is 14.1. The van der Waals surface area contributed by atoms with Crippen LogP contribution in [0, 0.1) is 0 Å². The summed E-state index contributed by atoms with van der Waals surface area (Å²) in [6.07, 6.45) is 6.60. The Balaban J connectivity index is 1.92. The molecular formula is C15H23NO3. The van der Waals surface area contributed by atoms with Crippen molar-refractivity contribution in [1.29, 1.82) is 0 Å². The van der Waals surface area contributed by atoms with Crippen LogP contribution in [0.3, 0.4) is 0 Å². The lowest BCUT2D eigenvalue weighted by Gasteiger charge is -2.24. The number of nitrogens with zero attached hydrogens (tertiary/aromatic N) is 1. The predicted molar refractivity (Wildman–Crippen MR) is 72.6 cm³/mol. The van der Waals surface area contributed by atoms with Gasteiger partial charge in [0.15, 0.2) is 0 Å².